The summed E-state index contributed by atoms with van der Waals surface area (Å²) in [5.41, 5.74) is 48.2. The van der Waals surface area contributed by atoms with Crippen LogP contribution in [0.15, 0.2) is 164 Å². The average Bonchev–Trinajstić information content (AvgIpc) is 3.50. The molecule has 0 spiro atoms. The summed E-state index contributed by atoms with van der Waals surface area (Å²) < 4.78 is 22.5. The fourth-order valence-electron chi connectivity index (χ4n) is 9.11. The number of likely N-dealkylation sites (tertiary alicyclic amines) is 1. The molecule has 0 radical (unpaired) electrons. The van der Waals surface area contributed by atoms with Gasteiger partial charge in [-0.3, -0.25) is 9.69 Å². The number of morpholine rings is 1. The molecule has 7 aromatic carbocycles. The van der Waals surface area contributed by atoms with Crippen LogP contribution in [0.4, 0.5) is 55.6 Å². The number of hydrogen-bond acceptors (Lipinski definition) is 16. The third-order valence-corrected chi connectivity index (χ3v) is 14.0. The number of nitrogens with one attached hydrogen (secondary N) is 1. The zero-order valence-electron chi connectivity index (χ0n) is 47.3. The van der Waals surface area contributed by atoms with Crippen LogP contribution in [0.1, 0.15) is 62.0 Å². The molecule has 11 rings (SSSR count). The van der Waals surface area contributed by atoms with Crippen molar-refractivity contribution in [2.75, 3.05) is 123 Å². The van der Waals surface area contributed by atoms with Gasteiger partial charge in [0.15, 0.2) is 11.6 Å². The first-order chi connectivity index (χ1) is 39.6. The Morgan fingerprint density at radius 3 is 1.44 bits per heavy atom. The lowest BCUT2D eigenvalue weighted by atomic mass is 9.90. The van der Waals surface area contributed by atoms with E-state index >= 15 is 0 Å². The number of ether oxygens (including phenoxy) is 2. The van der Waals surface area contributed by atoms with Crippen molar-refractivity contribution in [3.05, 3.63) is 181 Å². The quantitative estimate of drug-likeness (QED) is 0.0522. The number of nitrogens with two attached hydrogens (primary N) is 7. The molecular formula is C64H86FN11O6. The molecule has 0 aromatic heterocycles. The number of carboxylic acids is 1. The van der Waals surface area contributed by atoms with Crippen LogP contribution >= 0.6 is 0 Å². The van der Waals surface area contributed by atoms with Crippen molar-refractivity contribution in [2.45, 2.75) is 57.4 Å². The molecule has 18 N–H and O–H groups in total. The molecule has 17 nitrogen and oxygen atoms in total. The van der Waals surface area contributed by atoms with E-state index in [1.165, 1.54) is 80.2 Å². The first-order valence-electron chi connectivity index (χ1n) is 27.9. The predicted molar refractivity (Wildman–Crippen MR) is 335 cm³/mol. The third-order valence-electron chi connectivity index (χ3n) is 14.0. The Bertz CT molecular complexity index is 2740. The van der Waals surface area contributed by atoms with Gasteiger partial charge in [0, 0.05) is 78.2 Å². The van der Waals surface area contributed by atoms with Crippen LogP contribution in [0.2, 0.25) is 0 Å². The summed E-state index contributed by atoms with van der Waals surface area (Å²) in [5.74, 6) is -0.181. The molecular weight excluding hydrogens is 1040 g/mol. The zero-order chi connectivity index (χ0) is 59.1. The maximum absolute atomic E-state index is 12.4. The number of piperidine rings is 3. The Morgan fingerprint density at radius 1 is 0.561 bits per heavy atom. The summed E-state index contributed by atoms with van der Waals surface area (Å²) in [4.78, 5) is 17.8. The van der Waals surface area contributed by atoms with Crippen molar-refractivity contribution >= 4 is 57.2 Å². The van der Waals surface area contributed by atoms with Gasteiger partial charge in [0.2, 0.25) is 0 Å². The van der Waals surface area contributed by atoms with Crippen molar-refractivity contribution in [2.24, 2.45) is 5.92 Å². The van der Waals surface area contributed by atoms with E-state index in [9.17, 15) is 9.18 Å². The van der Waals surface area contributed by atoms with Crippen LogP contribution in [0.5, 0.6) is 17.2 Å². The first kappa shape index (κ1) is 64.2. The number of rotatable bonds is 7. The predicted octanol–water partition coefficient (Wildman–Crippen LogP) is 10.0. The number of methoxy groups -OCH3 is 1. The van der Waals surface area contributed by atoms with Gasteiger partial charge in [-0.05, 0) is 215 Å². The Hall–Kier alpha value is -8.58. The molecule has 0 amide bonds. The van der Waals surface area contributed by atoms with E-state index < -0.39 is 17.5 Å². The van der Waals surface area contributed by atoms with Gasteiger partial charge in [-0.1, -0.05) is 36.8 Å². The van der Waals surface area contributed by atoms with Crippen LogP contribution in [0.25, 0.3) is 0 Å². The van der Waals surface area contributed by atoms with Crippen molar-refractivity contribution in [1.29, 1.82) is 0 Å². The number of hydrogen-bond donors (Lipinski definition) is 11. The second kappa shape index (κ2) is 35.2. The van der Waals surface area contributed by atoms with Crippen molar-refractivity contribution in [3.8, 4) is 17.2 Å². The lowest BCUT2D eigenvalue weighted by Crippen LogP contribution is -2.36. The first-order valence-corrected chi connectivity index (χ1v) is 27.9. The highest BCUT2D eigenvalue weighted by molar-refractivity contribution is 5.70. The molecule has 0 atom stereocenters. The number of aromatic hydroxyl groups is 2. The Balaban J connectivity index is 0.000000178. The molecule has 4 heterocycles. The van der Waals surface area contributed by atoms with E-state index in [-0.39, 0.29) is 17.4 Å². The number of phenolic OH excluding ortho intramolecular Hbond substituents is 2. The molecule has 440 valence electrons. The van der Waals surface area contributed by atoms with Gasteiger partial charge in [0.25, 0.3) is 0 Å². The lowest BCUT2D eigenvalue weighted by molar-refractivity contribution is -0.142. The fourth-order valence-corrected chi connectivity index (χ4v) is 9.11. The van der Waals surface area contributed by atoms with Crippen LogP contribution in [0.3, 0.4) is 0 Å². The van der Waals surface area contributed by atoms with E-state index in [0.717, 1.165) is 118 Å². The Morgan fingerprint density at radius 2 is 1.00 bits per heavy atom. The van der Waals surface area contributed by atoms with Crippen LogP contribution in [-0.4, -0.2) is 98.9 Å². The molecule has 0 unspecified atom stereocenters. The number of anilines is 9. The molecule has 0 saturated carbocycles. The summed E-state index contributed by atoms with van der Waals surface area (Å²) in [6.07, 6.45) is 8.06. The second-order valence-electron chi connectivity index (χ2n) is 20.2. The molecule has 82 heavy (non-hydrogen) atoms. The molecule has 4 saturated heterocycles. The van der Waals surface area contributed by atoms with Crippen LogP contribution in [0, 0.1) is 11.7 Å². The number of phenols is 2. The standard InChI is InChI=1S/C12H16N2O2.C12H18N2.C11H16N2.C10H14N2O.C7H9NO.C6H6FNO.C6H7NO/c13-10-1-3-11(4-2-10)14-7-5-9(6-8-14)12(15)16;13-12-6-4-11(5-7-12)10-14-8-2-1-3-9-14;12-11-3-1-9(2-4-11)10-5-7-13-8-6-10;11-9-1-3-10(4-2-9)12-5-7-13-8-6-12;1-9-7-4-2-6(8)3-5-7;7-6-4(8)2-1-3-5(6)9;7-5-1-3-6(8)4-2-5/h1-4,9H,5-8,13H2,(H,15,16);4-7H,1-3,8-10,13H2;1-4,10,13H,5-8,12H2;1-4H,5-8,11H2;2-5H,8H2,1H3;1-3,9H,8H2;1-4,8H,7H2. The minimum Gasteiger partial charge on any atom is -0.508 e. The van der Waals surface area contributed by atoms with Crippen molar-refractivity contribution in [1.82, 2.24) is 10.2 Å². The maximum Gasteiger partial charge on any atom is 0.306 e. The number of benzene rings is 7. The summed E-state index contributed by atoms with van der Waals surface area (Å²) >= 11 is 0. The molecule has 4 fully saturated rings. The number of aliphatic carboxylic acids is 1. The number of halogens is 1. The second-order valence-corrected chi connectivity index (χ2v) is 20.2. The van der Waals surface area contributed by atoms with Gasteiger partial charge in [-0.15, -0.1) is 0 Å². The third kappa shape index (κ3) is 24.0. The van der Waals surface area contributed by atoms with E-state index in [1.807, 2.05) is 72.8 Å². The van der Waals surface area contributed by atoms with Crippen LogP contribution < -0.4 is 60.0 Å². The molecule has 4 aliphatic heterocycles. The van der Waals surface area contributed by atoms with E-state index in [1.54, 1.807) is 43.5 Å². The normalized spacial score (nSPS) is 15.1. The highest BCUT2D eigenvalue weighted by atomic mass is 19.1. The van der Waals surface area contributed by atoms with Crippen molar-refractivity contribution < 1.29 is 34.0 Å². The highest BCUT2D eigenvalue weighted by Gasteiger charge is 2.24. The maximum atomic E-state index is 12.4. The minimum absolute atomic E-state index is 0.0324. The number of nitrogen functional groups attached to an aromatic ring is 7. The van der Waals surface area contributed by atoms with Gasteiger partial charge >= 0.3 is 5.97 Å². The minimum atomic E-state index is -0.752. The monoisotopic (exact) mass is 1120 g/mol. The highest BCUT2D eigenvalue weighted by Crippen LogP contribution is 2.27. The average molecular weight is 1120 g/mol. The van der Waals surface area contributed by atoms with Gasteiger partial charge in [-0.2, -0.15) is 0 Å². The Labute approximate surface area is 483 Å². The van der Waals surface area contributed by atoms with E-state index in [4.69, 9.17) is 64.9 Å². The topological polar surface area (TPSA) is 300 Å². The molecule has 18 heteroatoms. The largest absolute Gasteiger partial charge is 0.508 e. The number of carboxylic acid groups (broad SMARTS) is 1. The molecule has 0 bridgehead atoms. The van der Waals surface area contributed by atoms with Gasteiger partial charge in [-0.25, -0.2) is 4.39 Å². The SMILES string of the molecule is COc1ccc(N)cc1.Nc1ccc(C2CCNCC2)cc1.Nc1ccc(CN2CCCCC2)cc1.Nc1ccc(N2CCC(C(=O)O)CC2)cc1.Nc1ccc(N2CCOCC2)cc1.Nc1ccc(O)cc1.Nc1cccc(O)c1F. The number of nitrogens with zero attached hydrogens (tertiary/aromatic N) is 3. The van der Waals surface area contributed by atoms with Crippen molar-refractivity contribution in [3.63, 3.8) is 0 Å². The summed E-state index contributed by atoms with van der Waals surface area (Å²) in [6.45, 7) is 11.1. The van der Waals surface area contributed by atoms with E-state index in [0.29, 0.717) is 5.69 Å². The summed E-state index contributed by atoms with van der Waals surface area (Å²) in [6, 6.07) is 50.0. The summed E-state index contributed by atoms with van der Waals surface area (Å²) in [5, 5.41) is 29.6. The smallest absolute Gasteiger partial charge is 0.306 e. The van der Waals surface area contributed by atoms with Crippen LogP contribution in [-0.2, 0) is 16.1 Å². The van der Waals surface area contributed by atoms with Gasteiger partial charge in [0.05, 0.1) is 31.9 Å². The fraction of sp³-hybridized carbons (Fsp3) is 0.328. The van der Waals surface area contributed by atoms with Gasteiger partial charge in [0.1, 0.15) is 11.5 Å². The molecule has 0 aliphatic carbocycles. The van der Waals surface area contributed by atoms with Gasteiger partial charge < -0.3 is 80.0 Å². The lowest BCUT2D eigenvalue weighted by Gasteiger charge is -2.31. The Kier molecular flexibility index (Phi) is 27.6. The molecule has 7 aromatic rings. The zero-order valence-corrected chi connectivity index (χ0v) is 47.3. The van der Waals surface area contributed by atoms with E-state index in [2.05, 4.69) is 56.4 Å². The number of carbonyl (C=O) groups is 1. The molecule has 4 aliphatic rings. The summed E-state index contributed by atoms with van der Waals surface area (Å²) in [7, 11) is 1.63.